The molecule has 2 rings (SSSR count). The van der Waals surface area contributed by atoms with Gasteiger partial charge >= 0.3 is 5.97 Å². The van der Waals surface area contributed by atoms with E-state index in [1.54, 1.807) is 0 Å². The minimum atomic E-state index is -0.0494. The Labute approximate surface area is 91.6 Å². The van der Waals surface area contributed by atoms with Crippen LogP contribution in [0, 0.1) is 17.8 Å². The summed E-state index contributed by atoms with van der Waals surface area (Å²) in [4.78, 5) is 11.1. The number of nitrogens with one attached hydrogen (secondary N) is 1. The lowest BCUT2D eigenvalue weighted by molar-refractivity contribution is -0.141. The zero-order valence-corrected chi connectivity index (χ0v) is 9.50. The van der Waals surface area contributed by atoms with E-state index in [0.29, 0.717) is 6.42 Å². The predicted octanol–water partition coefficient (Wildman–Crippen LogP) is 1.58. The highest BCUT2D eigenvalue weighted by molar-refractivity contribution is 5.69. The van der Waals surface area contributed by atoms with Crippen molar-refractivity contribution in [3.63, 3.8) is 0 Å². The maximum atomic E-state index is 11.1. The van der Waals surface area contributed by atoms with Crippen LogP contribution in [0.4, 0.5) is 0 Å². The summed E-state index contributed by atoms with van der Waals surface area (Å²) in [5.74, 6) is 2.33. The van der Waals surface area contributed by atoms with E-state index in [1.807, 2.05) is 0 Å². The van der Waals surface area contributed by atoms with E-state index in [2.05, 4.69) is 5.32 Å². The molecule has 3 heteroatoms. The minimum Gasteiger partial charge on any atom is -0.469 e. The van der Waals surface area contributed by atoms with Gasteiger partial charge in [-0.2, -0.15) is 0 Å². The maximum absolute atomic E-state index is 11.1. The number of rotatable bonds is 3. The Morgan fingerprint density at radius 2 is 2.00 bits per heavy atom. The van der Waals surface area contributed by atoms with Gasteiger partial charge in [0.15, 0.2) is 0 Å². The highest BCUT2D eigenvalue weighted by atomic mass is 16.5. The van der Waals surface area contributed by atoms with Crippen molar-refractivity contribution in [1.82, 2.24) is 5.32 Å². The molecular weight excluding hydrogens is 190 g/mol. The highest BCUT2D eigenvalue weighted by Crippen LogP contribution is 2.39. The van der Waals surface area contributed by atoms with Crippen LogP contribution in [0.5, 0.6) is 0 Å². The number of carbonyl (C=O) groups is 1. The first-order valence-electron chi connectivity index (χ1n) is 6.09. The maximum Gasteiger partial charge on any atom is 0.305 e. The third-order valence-electron chi connectivity index (χ3n) is 4.08. The van der Waals surface area contributed by atoms with Gasteiger partial charge in [-0.15, -0.1) is 0 Å². The van der Waals surface area contributed by atoms with Crippen molar-refractivity contribution in [2.75, 3.05) is 20.2 Å². The van der Waals surface area contributed by atoms with E-state index in [4.69, 9.17) is 4.74 Å². The third-order valence-corrected chi connectivity index (χ3v) is 4.08. The molecule has 1 N–H and O–H groups in total. The lowest BCUT2D eigenvalue weighted by atomic mass is 9.68. The molecule has 1 aliphatic heterocycles. The first-order chi connectivity index (χ1) is 7.31. The van der Waals surface area contributed by atoms with Crippen LogP contribution >= 0.6 is 0 Å². The van der Waals surface area contributed by atoms with Crippen LogP contribution in [-0.2, 0) is 9.53 Å². The Morgan fingerprint density at radius 3 is 2.60 bits per heavy atom. The second-order valence-electron chi connectivity index (χ2n) is 4.89. The molecule has 2 bridgehead atoms. The van der Waals surface area contributed by atoms with Crippen LogP contribution in [0.15, 0.2) is 0 Å². The fraction of sp³-hybridized carbons (Fsp3) is 0.917. The zero-order valence-electron chi connectivity index (χ0n) is 9.50. The molecule has 1 heterocycles. The number of piperidine rings is 1. The van der Waals surface area contributed by atoms with Crippen molar-refractivity contribution in [3.8, 4) is 0 Å². The first-order valence-corrected chi connectivity index (χ1v) is 6.09. The fourth-order valence-electron chi connectivity index (χ4n) is 3.27. The molecule has 1 aliphatic carbocycles. The van der Waals surface area contributed by atoms with Gasteiger partial charge in [0.25, 0.3) is 0 Å². The van der Waals surface area contributed by atoms with Gasteiger partial charge in [-0.25, -0.2) is 0 Å². The van der Waals surface area contributed by atoms with Crippen LogP contribution in [0.1, 0.15) is 32.1 Å². The molecule has 0 amide bonds. The molecular formula is C12H21NO2. The number of hydrogen-bond acceptors (Lipinski definition) is 3. The molecule has 0 aromatic carbocycles. The third kappa shape index (κ3) is 2.51. The Hall–Kier alpha value is -0.570. The first kappa shape index (κ1) is 10.9. The monoisotopic (exact) mass is 211 g/mol. The number of esters is 1. The van der Waals surface area contributed by atoms with Gasteiger partial charge in [-0.05, 0) is 50.1 Å². The van der Waals surface area contributed by atoms with Crippen molar-refractivity contribution in [1.29, 1.82) is 0 Å². The summed E-state index contributed by atoms with van der Waals surface area (Å²) < 4.78 is 4.71. The van der Waals surface area contributed by atoms with Crippen LogP contribution in [0.25, 0.3) is 0 Å². The molecule has 2 fully saturated rings. The van der Waals surface area contributed by atoms with Crippen LogP contribution in [-0.4, -0.2) is 26.2 Å². The van der Waals surface area contributed by atoms with Crippen molar-refractivity contribution < 1.29 is 9.53 Å². The number of hydrogen-bond donors (Lipinski definition) is 1. The molecule has 2 atom stereocenters. The summed E-state index contributed by atoms with van der Waals surface area (Å²) in [6.07, 6.45) is 5.70. The average molecular weight is 211 g/mol. The van der Waals surface area contributed by atoms with Crippen LogP contribution in [0.2, 0.25) is 0 Å². The minimum absolute atomic E-state index is 0.0494. The summed E-state index contributed by atoms with van der Waals surface area (Å²) >= 11 is 0. The average Bonchev–Trinajstić information content (AvgIpc) is 2.25. The largest absolute Gasteiger partial charge is 0.469 e. The second-order valence-corrected chi connectivity index (χ2v) is 4.89. The molecule has 0 aromatic heterocycles. The summed E-state index contributed by atoms with van der Waals surface area (Å²) in [5, 5.41) is 3.50. The molecule has 0 aromatic rings. The van der Waals surface area contributed by atoms with Gasteiger partial charge in [0.05, 0.1) is 7.11 Å². The molecule has 86 valence electrons. The van der Waals surface area contributed by atoms with Gasteiger partial charge in [0, 0.05) is 6.42 Å². The van der Waals surface area contributed by atoms with Crippen molar-refractivity contribution in [2.24, 2.45) is 17.8 Å². The Balaban J connectivity index is 1.86. The molecule has 0 spiro atoms. The van der Waals surface area contributed by atoms with Crippen molar-refractivity contribution >= 4 is 5.97 Å². The zero-order chi connectivity index (χ0) is 10.7. The molecule has 3 nitrogen and oxygen atoms in total. The summed E-state index contributed by atoms with van der Waals surface area (Å²) in [5.41, 5.74) is 0. The lowest BCUT2D eigenvalue weighted by Crippen LogP contribution is -2.46. The summed E-state index contributed by atoms with van der Waals surface area (Å²) in [7, 11) is 1.48. The smallest absolute Gasteiger partial charge is 0.305 e. The number of methoxy groups -OCH3 is 1. The molecule has 2 unspecified atom stereocenters. The molecule has 2 aliphatic rings. The number of fused-ring (bicyclic) bond motifs is 2. The predicted molar refractivity (Wildman–Crippen MR) is 58.4 cm³/mol. The SMILES string of the molecule is COC(=O)CCC1C2CCCC1CNC2. The quantitative estimate of drug-likeness (QED) is 0.720. The Kier molecular flexibility index (Phi) is 3.62. The van der Waals surface area contributed by atoms with E-state index in [0.717, 1.165) is 37.3 Å². The van der Waals surface area contributed by atoms with Crippen molar-refractivity contribution in [2.45, 2.75) is 32.1 Å². The number of ether oxygens (including phenoxy) is 1. The second kappa shape index (κ2) is 4.97. The summed E-state index contributed by atoms with van der Waals surface area (Å²) in [6.45, 7) is 2.31. The fourth-order valence-corrected chi connectivity index (χ4v) is 3.27. The van der Waals surface area contributed by atoms with E-state index in [-0.39, 0.29) is 5.97 Å². The van der Waals surface area contributed by atoms with Gasteiger partial charge < -0.3 is 10.1 Å². The summed E-state index contributed by atoms with van der Waals surface area (Å²) in [6, 6.07) is 0. The van der Waals surface area contributed by atoms with Gasteiger partial charge in [-0.1, -0.05) is 6.42 Å². The van der Waals surface area contributed by atoms with Crippen LogP contribution in [0.3, 0.4) is 0 Å². The van der Waals surface area contributed by atoms with Gasteiger partial charge in [-0.3, -0.25) is 4.79 Å². The van der Waals surface area contributed by atoms with E-state index < -0.39 is 0 Å². The lowest BCUT2D eigenvalue weighted by Gasteiger charge is -2.43. The molecule has 1 saturated carbocycles. The molecule has 15 heavy (non-hydrogen) atoms. The van der Waals surface area contributed by atoms with E-state index >= 15 is 0 Å². The van der Waals surface area contributed by atoms with Crippen molar-refractivity contribution in [3.05, 3.63) is 0 Å². The normalized spacial score (nSPS) is 34.9. The Bertz CT molecular complexity index is 208. The standard InChI is InChI=1S/C12H21NO2/c1-15-12(14)6-5-11-9-3-2-4-10(11)8-13-7-9/h9-11,13H,2-8H2,1H3. The van der Waals surface area contributed by atoms with E-state index in [9.17, 15) is 4.79 Å². The van der Waals surface area contributed by atoms with Crippen LogP contribution < -0.4 is 5.32 Å². The molecule has 0 radical (unpaired) electrons. The highest BCUT2D eigenvalue weighted by Gasteiger charge is 2.35. The Morgan fingerprint density at radius 1 is 1.33 bits per heavy atom. The molecule has 1 saturated heterocycles. The van der Waals surface area contributed by atoms with E-state index in [1.165, 1.54) is 26.4 Å². The van der Waals surface area contributed by atoms with Gasteiger partial charge in [0.1, 0.15) is 0 Å². The topological polar surface area (TPSA) is 38.3 Å². The number of carbonyl (C=O) groups excluding carboxylic acids is 1. The van der Waals surface area contributed by atoms with Gasteiger partial charge in [0.2, 0.25) is 0 Å².